The lowest BCUT2D eigenvalue weighted by Gasteiger charge is -2.17. The number of nitrogens with zero attached hydrogens (tertiary/aromatic N) is 2. The molecule has 1 heterocycles. The second-order valence-electron chi connectivity index (χ2n) is 5.99. The van der Waals surface area contributed by atoms with E-state index in [1.807, 2.05) is 0 Å². The SMILES string of the molecule is C=Cc1ccnc(Oc2ccc(C(C)(C)C#N)cc2F)c1C(=O)OCC. The Morgan fingerprint density at radius 3 is 2.73 bits per heavy atom. The van der Waals surface area contributed by atoms with Crippen LogP contribution in [0.15, 0.2) is 37.0 Å². The van der Waals surface area contributed by atoms with Crippen LogP contribution in [-0.4, -0.2) is 17.6 Å². The van der Waals surface area contributed by atoms with Crippen molar-refractivity contribution in [3.05, 3.63) is 59.5 Å². The highest BCUT2D eigenvalue weighted by molar-refractivity contribution is 5.96. The number of nitriles is 1. The van der Waals surface area contributed by atoms with Crippen LogP contribution >= 0.6 is 0 Å². The number of ether oxygens (including phenoxy) is 2. The first-order valence-electron chi connectivity index (χ1n) is 8.01. The van der Waals surface area contributed by atoms with Crippen molar-refractivity contribution in [1.29, 1.82) is 5.26 Å². The lowest BCUT2D eigenvalue weighted by molar-refractivity contribution is 0.0522. The van der Waals surface area contributed by atoms with Gasteiger partial charge in [0.1, 0.15) is 5.56 Å². The van der Waals surface area contributed by atoms with E-state index in [4.69, 9.17) is 9.47 Å². The van der Waals surface area contributed by atoms with Crippen LogP contribution in [0, 0.1) is 17.1 Å². The fourth-order valence-corrected chi connectivity index (χ4v) is 2.25. The Morgan fingerprint density at radius 1 is 1.42 bits per heavy atom. The van der Waals surface area contributed by atoms with Crippen molar-refractivity contribution in [2.45, 2.75) is 26.2 Å². The van der Waals surface area contributed by atoms with Crippen LogP contribution < -0.4 is 4.74 Å². The molecule has 0 saturated carbocycles. The Labute approximate surface area is 151 Å². The fraction of sp³-hybridized carbons (Fsp3) is 0.250. The maximum Gasteiger partial charge on any atom is 0.344 e. The van der Waals surface area contributed by atoms with E-state index in [0.717, 1.165) is 0 Å². The summed E-state index contributed by atoms with van der Waals surface area (Å²) in [7, 11) is 0. The maximum absolute atomic E-state index is 14.5. The van der Waals surface area contributed by atoms with E-state index in [1.54, 1.807) is 32.9 Å². The number of halogens is 1. The van der Waals surface area contributed by atoms with E-state index in [9.17, 15) is 14.4 Å². The van der Waals surface area contributed by atoms with Crippen molar-refractivity contribution in [1.82, 2.24) is 4.98 Å². The highest BCUT2D eigenvalue weighted by atomic mass is 19.1. The third-order valence-electron chi connectivity index (χ3n) is 3.79. The van der Waals surface area contributed by atoms with Gasteiger partial charge in [-0.05, 0) is 50.1 Å². The molecule has 0 aliphatic heterocycles. The standard InChI is InChI=1S/C20H19FN2O3/c1-5-13-9-10-23-18(17(13)19(24)25-6-2)26-16-8-7-14(11-15(16)21)20(3,4)12-22/h5,7-11H,1,6H2,2-4H3. The second-order valence-corrected chi connectivity index (χ2v) is 5.99. The van der Waals surface area contributed by atoms with Crippen LogP contribution in [0.3, 0.4) is 0 Å². The van der Waals surface area contributed by atoms with E-state index < -0.39 is 17.2 Å². The number of esters is 1. The van der Waals surface area contributed by atoms with Crippen LogP contribution in [-0.2, 0) is 10.2 Å². The van der Waals surface area contributed by atoms with E-state index in [-0.39, 0.29) is 23.8 Å². The molecule has 26 heavy (non-hydrogen) atoms. The lowest BCUT2D eigenvalue weighted by Crippen LogP contribution is -2.14. The number of pyridine rings is 1. The zero-order valence-electron chi connectivity index (χ0n) is 14.9. The average Bonchev–Trinajstić information content (AvgIpc) is 2.63. The van der Waals surface area contributed by atoms with E-state index in [0.29, 0.717) is 11.1 Å². The van der Waals surface area contributed by atoms with Crippen LogP contribution in [0.2, 0.25) is 0 Å². The molecule has 134 valence electrons. The van der Waals surface area contributed by atoms with Gasteiger partial charge in [-0.15, -0.1) is 0 Å². The number of carbonyl (C=O) groups excluding carboxylic acids is 1. The molecular formula is C20H19FN2O3. The molecule has 0 atom stereocenters. The molecule has 0 aliphatic rings. The molecule has 5 nitrogen and oxygen atoms in total. The molecule has 0 radical (unpaired) electrons. The van der Waals surface area contributed by atoms with Gasteiger partial charge in [-0.1, -0.05) is 18.7 Å². The summed E-state index contributed by atoms with van der Waals surface area (Å²) in [5.74, 6) is -1.48. The second kappa shape index (κ2) is 7.79. The Bertz CT molecular complexity index is 885. The molecule has 0 aliphatic carbocycles. The number of carbonyl (C=O) groups is 1. The van der Waals surface area contributed by atoms with E-state index >= 15 is 0 Å². The topological polar surface area (TPSA) is 72.2 Å². The minimum Gasteiger partial charge on any atom is -0.462 e. The highest BCUT2D eigenvalue weighted by Crippen LogP contribution is 2.31. The van der Waals surface area contributed by atoms with Gasteiger partial charge >= 0.3 is 5.97 Å². The van der Waals surface area contributed by atoms with Gasteiger partial charge in [-0.2, -0.15) is 5.26 Å². The molecule has 0 amide bonds. The van der Waals surface area contributed by atoms with Gasteiger partial charge in [0.2, 0.25) is 5.88 Å². The molecule has 1 aromatic carbocycles. The van der Waals surface area contributed by atoms with E-state index in [2.05, 4.69) is 17.6 Å². The first kappa shape index (κ1) is 19.1. The molecule has 0 bridgehead atoms. The summed E-state index contributed by atoms with van der Waals surface area (Å²) in [5.41, 5.74) is 0.223. The molecular weight excluding hydrogens is 335 g/mol. The monoisotopic (exact) mass is 354 g/mol. The zero-order valence-corrected chi connectivity index (χ0v) is 14.9. The summed E-state index contributed by atoms with van der Waals surface area (Å²) < 4.78 is 25.0. The summed E-state index contributed by atoms with van der Waals surface area (Å²) in [5, 5.41) is 9.17. The predicted octanol–water partition coefficient (Wildman–Crippen LogP) is 4.63. The average molecular weight is 354 g/mol. The van der Waals surface area contributed by atoms with Crippen molar-refractivity contribution < 1.29 is 18.7 Å². The first-order chi connectivity index (χ1) is 12.3. The smallest absolute Gasteiger partial charge is 0.344 e. The van der Waals surface area contributed by atoms with Crippen molar-refractivity contribution >= 4 is 12.0 Å². The molecule has 0 spiro atoms. The molecule has 1 aromatic heterocycles. The molecule has 2 aromatic rings. The van der Waals surface area contributed by atoms with Gasteiger partial charge in [0, 0.05) is 6.20 Å². The fourth-order valence-electron chi connectivity index (χ4n) is 2.25. The Hall–Kier alpha value is -3.20. The number of benzene rings is 1. The quantitative estimate of drug-likeness (QED) is 0.707. The number of aromatic nitrogens is 1. The molecule has 6 heteroatoms. The third kappa shape index (κ3) is 3.89. The van der Waals surface area contributed by atoms with Gasteiger partial charge < -0.3 is 9.47 Å². The molecule has 0 unspecified atom stereocenters. The Balaban J connectivity index is 2.45. The summed E-state index contributed by atoms with van der Waals surface area (Å²) >= 11 is 0. The van der Waals surface area contributed by atoms with Crippen molar-refractivity contribution in [3.63, 3.8) is 0 Å². The Morgan fingerprint density at radius 2 is 2.15 bits per heavy atom. The number of rotatable bonds is 6. The number of hydrogen-bond donors (Lipinski definition) is 0. The van der Waals surface area contributed by atoms with Gasteiger partial charge in [-0.25, -0.2) is 14.2 Å². The maximum atomic E-state index is 14.5. The first-order valence-corrected chi connectivity index (χ1v) is 8.01. The minimum absolute atomic E-state index is 0.0742. The Kier molecular flexibility index (Phi) is 5.73. The third-order valence-corrected chi connectivity index (χ3v) is 3.79. The highest BCUT2D eigenvalue weighted by Gasteiger charge is 2.23. The van der Waals surface area contributed by atoms with Gasteiger partial charge in [-0.3, -0.25) is 0 Å². The molecule has 2 rings (SSSR count). The van der Waals surface area contributed by atoms with Crippen molar-refractivity contribution in [2.24, 2.45) is 0 Å². The van der Waals surface area contributed by atoms with Crippen LogP contribution in [0.1, 0.15) is 42.3 Å². The summed E-state index contributed by atoms with van der Waals surface area (Å²) in [4.78, 5) is 16.2. The van der Waals surface area contributed by atoms with Crippen molar-refractivity contribution in [2.75, 3.05) is 6.61 Å². The van der Waals surface area contributed by atoms with Gasteiger partial charge in [0.15, 0.2) is 11.6 Å². The minimum atomic E-state index is -0.837. The predicted molar refractivity (Wildman–Crippen MR) is 95.4 cm³/mol. The summed E-state index contributed by atoms with van der Waals surface area (Å²) in [6, 6.07) is 7.94. The van der Waals surface area contributed by atoms with Crippen LogP contribution in [0.5, 0.6) is 11.6 Å². The summed E-state index contributed by atoms with van der Waals surface area (Å²) in [6.07, 6.45) is 2.90. The van der Waals surface area contributed by atoms with Crippen molar-refractivity contribution in [3.8, 4) is 17.7 Å². The molecule has 0 saturated heterocycles. The van der Waals surface area contributed by atoms with Gasteiger partial charge in [0.05, 0.1) is 18.1 Å². The largest absolute Gasteiger partial charge is 0.462 e. The molecule has 0 N–H and O–H groups in total. The van der Waals surface area contributed by atoms with E-state index in [1.165, 1.54) is 24.4 Å². The summed E-state index contributed by atoms with van der Waals surface area (Å²) in [6.45, 7) is 8.89. The van der Waals surface area contributed by atoms with Crippen LogP contribution in [0.25, 0.3) is 6.08 Å². The lowest BCUT2D eigenvalue weighted by atomic mass is 9.86. The zero-order chi connectivity index (χ0) is 19.3. The molecule has 0 fully saturated rings. The normalized spacial score (nSPS) is 10.7. The van der Waals surface area contributed by atoms with Gasteiger partial charge in [0.25, 0.3) is 0 Å². The number of hydrogen-bond acceptors (Lipinski definition) is 5. The van der Waals surface area contributed by atoms with Crippen LogP contribution in [0.4, 0.5) is 4.39 Å².